The number of aryl methyl sites for hydroxylation is 2. The summed E-state index contributed by atoms with van der Waals surface area (Å²) >= 11 is 0. The molecule has 3 aromatic rings. The van der Waals surface area contributed by atoms with Crippen molar-refractivity contribution in [1.29, 1.82) is 0 Å². The summed E-state index contributed by atoms with van der Waals surface area (Å²) in [6.07, 6.45) is 2.49. The maximum absolute atomic E-state index is 11.1. The molecule has 0 aliphatic carbocycles. The number of hydrogen-bond acceptors (Lipinski definition) is 5. The quantitative estimate of drug-likeness (QED) is 0.359. The summed E-state index contributed by atoms with van der Waals surface area (Å²) in [5, 5.41) is 9.10. The Labute approximate surface area is 230 Å². The van der Waals surface area contributed by atoms with E-state index in [4.69, 9.17) is 19.3 Å². The SMILES string of the molecule is Cc1cc(OC2CCN(C)CC2)cc(C)c1-c1cccc(COc2ccc3c(c2)OC[C@H]3CC(=O)O)c1.Cl. The highest BCUT2D eigenvalue weighted by Gasteiger charge is 2.26. The fourth-order valence-electron chi connectivity index (χ4n) is 5.45. The lowest BCUT2D eigenvalue weighted by Crippen LogP contribution is -2.35. The highest BCUT2D eigenvalue weighted by atomic mass is 35.5. The first kappa shape index (κ1) is 27.8. The normalized spacial score (nSPS) is 17.3. The first-order chi connectivity index (χ1) is 17.9. The first-order valence-corrected chi connectivity index (χ1v) is 13.0. The topological polar surface area (TPSA) is 68.2 Å². The Morgan fingerprint density at radius 2 is 1.76 bits per heavy atom. The van der Waals surface area contributed by atoms with Crippen LogP contribution in [0.5, 0.6) is 17.2 Å². The van der Waals surface area contributed by atoms with Crippen molar-refractivity contribution in [3.05, 3.63) is 76.9 Å². The third-order valence-corrected chi connectivity index (χ3v) is 7.38. The van der Waals surface area contributed by atoms with Gasteiger partial charge in [-0.2, -0.15) is 0 Å². The van der Waals surface area contributed by atoms with E-state index in [9.17, 15) is 4.79 Å². The van der Waals surface area contributed by atoms with Gasteiger partial charge in [-0.15, -0.1) is 12.4 Å². The van der Waals surface area contributed by atoms with E-state index < -0.39 is 5.97 Å². The zero-order chi connectivity index (χ0) is 25.9. The molecular weight excluding hydrogens is 502 g/mol. The van der Waals surface area contributed by atoms with Crippen LogP contribution in [-0.4, -0.2) is 48.8 Å². The van der Waals surface area contributed by atoms with E-state index in [2.05, 4.69) is 62.2 Å². The van der Waals surface area contributed by atoms with Gasteiger partial charge in [-0.25, -0.2) is 0 Å². The summed E-state index contributed by atoms with van der Waals surface area (Å²) in [6.45, 7) is 7.29. The van der Waals surface area contributed by atoms with Gasteiger partial charge in [0.25, 0.3) is 0 Å². The van der Waals surface area contributed by atoms with E-state index in [1.165, 1.54) is 16.7 Å². The number of nitrogens with zero attached hydrogens (tertiary/aromatic N) is 1. The molecule has 0 aromatic heterocycles. The van der Waals surface area contributed by atoms with E-state index in [-0.39, 0.29) is 30.8 Å². The van der Waals surface area contributed by atoms with Crippen molar-refractivity contribution in [2.75, 3.05) is 26.7 Å². The van der Waals surface area contributed by atoms with E-state index >= 15 is 0 Å². The predicted octanol–water partition coefficient (Wildman–Crippen LogP) is 6.39. The third-order valence-electron chi connectivity index (χ3n) is 7.38. The number of rotatable bonds is 8. The van der Waals surface area contributed by atoms with Crippen LogP contribution in [0.3, 0.4) is 0 Å². The molecule has 202 valence electrons. The second-order valence-electron chi connectivity index (χ2n) is 10.3. The number of hydrogen-bond donors (Lipinski definition) is 1. The van der Waals surface area contributed by atoms with Gasteiger partial charge in [-0.3, -0.25) is 4.79 Å². The molecule has 7 heteroatoms. The number of carboxylic acids is 1. The van der Waals surface area contributed by atoms with Gasteiger partial charge in [-0.1, -0.05) is 24.3 Å². The second kappa shape index (κ2) is 12.1. The molecule has 2 aliphatic heterocycles. The van der Waals surface area contributed by atoms with Crippen LogP contribution in [0.1, 0.15) is 47.4 Å². The molecule has 0 unspecified atom stereocenters. The van der Waals surface area contributed by atoms with Gasteiger partial charge in [0.05, 0.1) is 13.0 Å². The minimum atomic E-state index is -0.813. The predicted molar refractivity (Wildman–Crippen MR) is 151 cm³/mol. The fraction of sp³-hybridized carbons (Fsp3) is 0.387. The lowest BCUT2D eigenvalue weighted by molar-refractivity contribution is -0.137. The molecule has 1 atom stereocenters. The van der Waals surface area contributed by atoms with Crippen LogP contribution < -0.4 is 14.2 Å². The van der Waals surface area contributed by atoms with Crippen molar-refractivity contribution >= 4 is 18.4 Å². The summed E-state index contributed by atoms with van der Waals surface area (Å²) < 4.78 is 18.1. The van der Waals surface area contributed by atoms with Crippen molar-refractivity contribution in [2.24, 2.45) is 0 Å². The monoisotopic (exact) mass is 537 g/mol. The standard InChI is InChI=1S/C31H35NO5.ClH/c1-20-13-27(37-25-9-11-32(3)12-10-25)14-21(2)31(20)23-6-4-5-22(15-23)18-35-26-7-8-28-24(16-30(33)34)19-36-29(28)17-26;/h4-8,13-15,17,24-25H,9-12,16,18-19H2,1-3H3,(H,33,34);1H/t24-;/m1./s1. The van der Waals surface area contributed by atoms with Crippen LogP contribution in [0.25, 0.3) is 11.1 Å². The average molecular weight is 538 g/mol. The largest absolute Gasteiger partial charge is 0.492 e. The molecule has 38 heavy (non-hydrogen) atoms. The van der Waals surface area contributed by atoms with Crippen molar-refractivity contribution in [3.8, 4) is 28.4 Å². The molecule has 2 heterocycles. The molecule has 0 saturated carbocycles. The summed E-state index contributed by atoms with van der Waals surface area (Å²) in [4.78, 5) is 13.4. The van der Waals surface area contributed by atoms with Crippen molar-refractivity contribution in [2.45, 2.75) is 51.7 Å². The molecule has 0 radical (unpaired) electrons. The maximum Gasteiger partial charge on any atom is 0.304 e. The van der Waals surface area contributed by atoms with Gasteiger partial charge >= 0.3 is 5.97 Å². The molecular formula is C31H36ClNO5. The smallest absolute Gasteiger partial charge is 0.304 e. The van der Waals surface area contributed by atoms with Gasteiger partial charge in [0.1, 0.15) is 30.0 Å². The Hall–Kier alpha value is -3.22. The number of aliphatic carboxylic acids is 1. The van der Waals surface area contributed by atoms with Crippen LogP contribution in [0, 0.1) is 13.8 Å². The molecule has 6 nitrogen and oxygen atoms in total. The number of benzene rings is 3. The number of carbonyl (C=O) groups is 1. The number of piperidine rings is 1. The Balaban J connectivity index is 0.00000336. The molecule has 0 spiro atoms. The first-order valence-electron chi connectivity index (χ1n) is 13.0. The molecule has 1 fully saturated rings. The Morgan fingerprint density at radius 3 is 2.47 bits per heavy atom. The summed E-state index contributed by atoms with van der Waals surface area (Å²) in [5.74, 6) is 1.46. The minimum absolute atomic E-state index is 0. The third kappa shape index (κ3) is 6.43. The lowest BCUT2D eigenvalue weighted by Gasteiger charge is -2.29. The van der Waals surface area contributed by atoms with Gasteiger partial charge in [0, 0.05) is 30.6 Å². The molecule has 3 aromatic carbocycles. The van der Waals surface area contributed by atoms with Crippen LogP contribution in [0.15, 0.2) is 54.6 Å². The highest BCUT2D eigenvalue weighted by Crippen LogP contribution is 2.38. The number of carboxylic acid groups (broad SMARTS) is 1. The van der Waals surface area contributed by atoms with Crippen LogP contribution in [0.4, 0.5) is 0 Å². The van der Waals surface area contributed by atoms with Gasteiger partial charge in [0.15, 0.2) is 0 Å². The zero-order valence-electron chi connectivity index (χ0n) is 22.2. The molecule has 2 aliphatic rings. The Morgan fingerprint density at radius 1 is 1.03 bits per heavy atom. The van der Waals surface area contributed by atoms with E-state index in [1.807, 2.05) is 18.2 Å². The molecule has 5 rings (SSSR count). The van der Waals surface area contributed by atoms with Crippen molar-refractivity contribution < 1.29 is 24.1 Å². The average Bonchev–Trinajstić information content (AvgIpc) is 3.25. The molecule has 0 bridgehead atoms. The number of fused-ring (bicyclic) bond motifs is 1. The van der Waals surface area contributed by atoms with Crippen LogP contribution >= 0.6 is 12.4 Å². The van der Waals surface area contributed by atoms with E-state index in [0.29, 0.717) is 24.7 Å². The van der Waals surface area contributed by atoms with Gasteiger partial charge in [-0.05, 0) is 85.8 Å². The van der Waals surface area contributed by atoms with Crippen LogP contribution in [0.2, 0.25) is 0 Å². The number of ether oxygens (including phenoxy) is 3. The fourth-order valence-corrected chi connectivity index (χ4v) is 5.45. The minimum Gasteiger partial charge on any atom is -0.492 e. The van der Waals surface area contributed by atoms with Crippen molar-refractivity contribution in [3.63, 3.8) is 0 Å². The molecule has 0 amide bonds. The van der Waals surface area contributed by atoms with Gasteiger partial charge < -0.3 is 24.2 Å². The molecule has 1 saturated heterocycles. The maximum atomic E-state index is 11.1. The van der Waals surface area contributed by atoms with Crippen molar-refractivity contribution in [1.82, 2.24) is 4.90 Å². The Kier molecular flexibility index (Phi) is 8.85. The lowest BCUT2D eigenvalue weighted by atomic mass is 9.94. The van der Waals surface area contributed by atoms with E-state index in [1.54, 1.807) is 0 Å². The second-order valence-corrected chi connectivity index (χ2v) is 10.3. The Bertz CT molecular complexity index is 1260. The van der Waals surface area contributed by atoms with Crippen LogP contribution in [-0.2, 0) is 11.4 Å². The van der Waals surface area contributed by atoms with E-state index in [0.717, 1.165) is 48.4 Å². The zero-order valence-corrected chi connectivity index (χ0v) is 23.1. The summed E-state index contributed by atoms with van der Waals surface area (Å²) in [5.41, 5.74) is 6.81. The summed E-state index contributed by atoms with van der Waals surface area (Å²) in [6, 6.07) is 18.4. The highest BCUT2D eigenvalue weighted by molar-refractivity contribution is 5.85. The van der Waals surface area contributed by atoms with Gasteiger partial charge in [0.2, 0.25) is 0 Å². The number of likely N-dealkylation sites (tertiary alicyclic amines) is 1. The summed E-state index contributed by atoms with van der Waals surface area (Å²) in [7, 11) is 2.16. The number of halogens is 1. The molecule has 1 N–H and O–H groups in total.